The van der Waals surface area contributed by atoms with Crippen LogP contribution in [0.1, 0.15) is 36.8 Å². The molecule has 0 aliphatic rings. The highest BCUT2D eigenvalue weighted by molar-refractivity contribution is 7.99. The third-order valence-corrected chi connectivity index (χ3v) is 5.98. The van der Waals surface area contributed by atoms with Gasteiger partial charge in [-0.1, -0.05) is 60.9 Å². The molecule has 1 amide bonds. The summed E-state index contributed by atoms with van der Waals surface area (Å²) in [6.07, 6.45) is -0.906. The minimum atomic E-state index is -0.906. The fourth-order valence-electron chi connectivity index (χ4n) is 3.00. The molecule has 2 N–H and O–H groups in total. The van der Waals surface area contributed by atoms with E-state index in [1.165, 1.54) is 23.9 Å². The van der Waals surface area contributed by atoms with Gasteiger partial charge in [-0.15, -0.1) is 0 Å². The van der Waals surface area contributed by atoms with Crippen molar-refractivity contribution in [3.05, 3.63) is 79.7 Å². The molecule has 0 radical (unpaired) electrons. The van der Waals surface area contributed by atoms with Crippen LogP contribution < -0.4 is 5.73 Å². The summed E-state index contributed by atoms with van der Waals surface area (Å²) < 4.78 is 6.91. The molecule has 8 nitrogen and oxygen atoms in total. The number of non-ortho nitro benzene ring substituents is 1. The Hall–Kier alpha value is -2.75. The fraction of sp³-hybridized carbons (Fsp3) is 0.238. The molecule has 0 saturated heterocycles. The van der Waals surface area contributed by atoms with Gasteiger partial charge < -0.3 is 15.0 Å². The number of nitro benzene ring substituents is 1. The van der Waals surface area contributed by atoms with E-state index in [1.54, 1.807) is 30.3 Å². The number of carbonyl (C=O) groups excluding carboxylic acids is 1. The van der Waals surface area contributed by atoms with Crippen molar-refractivity contribution < 1.29 is 14.5 Å². The molecule has 1 heterocycles. The van der Waals surface area contributed by atoms with Crippen LogP contribution in [0.2, 0.25) is 10.0 Å². The Balaban J connectivity index is 2.07. The number of halogens is 2. The van der Waals surface area contributed by atoms with Crippen molar-refractivity contribution in [2.45, 2.75) is 42.8 Å². The number of nitro groups is 1. The van der Waals surface area contributed by atoms with Crippen LogP contribution in [0.4, 0.5) is 10.5 Å². The van der Waals surface area contributed by atoms with E-state index < -0.39 is 11.0 Å². The first kappa shape index (κ1) is 23.9. The van der Waals surface area contributed by atoms with E-state index in [9.17, 15) is 14.9 Å². The first-order valence-corrected chi connectivity index (χ1v) is 11.1. The maximum absolute atomic E-state index is 11.2. The molecular formula is C21H20Cl2N4O4S. The number of ether oxygens (including phenoxy) is 1. The number of amides is 1. The van der Waals surface area contributed by atoms with Crippen LogP contribution in [0.15, 0.2) is 52.4 Å². The monoisotopic (exact) mass is 494 g/mol. The SMILES string of the molecule is CC(C)c1nc(COC(N)=O)n(Cc2ccc([N+](=O)[O-])cc2)c1Sc1cc(Cl)cc(Cl)c1. The number of hydrogen-bond acceptors (Lipinski definition) is 6. The van der Waals surface area contributed by atoms with E-state index in [0.717, 1.165) is 21.2 Å². The summed E-state index contributed by atoms with van der Waals surface area (Å²) in [4.78, 5) is 27.2. The summed E-state index contributed by atoms with van der Waals surface area (Å²) in [7, 11) is 0. The molecule has 168 valence electrons. The molecule has 32 heavy (non-hydrogen) atoms. The first-order chi connectivity index (χ1) is 15.1. The van der Waals surface area contributed by atoms with Crippen LogP contribution >= 0.6 is 35.0 Å². The number of primary amides is 1. The van der Waals surface area contributed by atoms with Gasteiger partial charge in [-0.05, 0) is 29.7 Å². The van der Waals surface area contributed by atoms with Crippen LogP contribution in [-0.4, -0.2) is 20.6 Å². The molecule has 0 saturated carbocycles. The zero-order chi connectivity index (χ0) is 23.4. The average molecular weight is 495 g/mol. The molecule has 1 aromatic heterocycles. The molecule has 2 aromatic carbocycles. The molecule has 0 aliphatic carbocycles. The maximum atomic E-state index is 11.2. The van der Waals surface area contributed by atoms with Crippen LogP contribution in [0.3, 0.4) is 0 Å². The van der Waals surface area contributed by atoms with Gasteiger partial charge in [-0.3, -0.25) is 10.1 Å². The van der Waals surface area contributed by atoms with Gasteiger partial charge >= 0.3 is 6.09 Å². The Morgan fingerprint density at radius 2 is 1.84 bits per heavy atom. The molecule has 3 rings (SSSR count). The van der Waals surface area contributed by atoms with Crippen molar-refractivity contribution >= 4 is 46.7 Å². The predicted octanol–water partition coefficient (Wildman–Crippen LogP) is 6.02. The Kier molecular flexibility index (Phi) is 7.65. The number of benzene rings is 2. The van der Waals surface area contributed by atoms with Gasteiger partial charge in [0.1, 0.15) is 10.9 Å². The quantitative estimate of drug-likeness (QED) is 0.302. The second-order valence-electron chi connectivity index (χ2n) is 7.20. The molecule has 0 aliphatic heterocycles. The van der Waals surface area contributed by atoms with Gasteiger partial charge in [-0.25, -0.2) is 9.78 Å². The third kappa shape index (κ3) is 5.93. The topological polar surface area (TPSA) is 113 Å². The van der Waals surface area contributed by atoms with Crippen LogP contribution in [0.5, 0.6) is 0 Å². The molecular weight excluding hydrogens is 475 g/mol. The third-order valence-electron chi connectivity index (χ3n) is 4.45. The molecule has 0 fully saturated rings. The number of imidazole rings is 1. The van der Waals surface area contributed by atoms with Crippen molar-refractivity contribution in [3.8, 4) is 0 Å². The van der Waals surface area contributed by atoms with Gasteiger partial charge in [0.2, 0.25) is 0 Å². The van der Waals surface area contributed by atoms with Gasteiger partial charge in [0.15, 0.2) is 6.61 Å². The summed E-state index contributed by atoms with van der Waals surface area (Å²) in [5, 5.41) is 12.8. The lowest BCUT2D eigenvalue weighted by molar-refractivity contribution is -0.384. The Labute approximate surface area is 198 Å². The van der Waals surface area contributed by atoms with Crippen LogP contribution in [0, 0.1) is 10.1 Å². The number of hydrogen-bond donors (Lipinski definition) is 1. The lowest BCUT2D eigenvalue weighted by Gasteiger charge is -2.14. The van der Waals surface area contributed by atoms with Crippen molar-refractivity contribution in [3.63, 3.8) is 0 Å². The standard InChI is InChI=1S/C21H20Cl2N4O4S/c1-12(2)19-20(32-17-8-14(22)7-15(23)9-17)26(18(25-19)11-31-21(24)28)10-13-3-5-16(6-4-13)27(29)30/h3-9,12H,10-11H2,1-2H3,(H2,24,28). The Morgan fingerprint density at radius 3 is 2.38 bits per heavy atom. The van der Waals surface area contributed by atoms with Crippen molar-refractivity contribution in [2.75, 3.05) is 0 Å². The number of nitrogens with two attached hydrogens (primary N) is 1. The van der Waals surface area contributed by atoms with Gasteiger partial charge in [0, 0.05) is 33.6 Å². The first-order valence-electron chi connectivity index (χ1n) is 9.53. The maximum Gasteiger partial charge on any atom is 0.404 e. The molecule has 0 unspecified atom stereocenters. The number of rotatable bonds is 8. The molecule has 0 bridgehead atoms. The zero-order valence-corrected chi connectivity index (χ0v) is 19.6. The molecule has 11 heteroatoms. The minimum absolute atomic E-state index is 0.00250. The second-order valence-corrected chi connectivity index (χ2v) is 9.13. The Morgan fingerprint density at radius 1 is 1.22 bits per heavy atom. The summed E-state index contributed by atoms with van der Waals surface area (Å²) >= 11 is 13.8. The highest BCUT2D eigenvalue weighted by atomic mass is 35.5. The van der Waals surface area contributed by atoms with Gasteiger partial charge in [0.25, 0.3) is 5.69 Å². The minimum Gasteiger partial charge on any atom is -0.442 e. The Bertz CT molecular complexity index is 1130. The predicted molar refractivity (Wildman–Crippen MR) is 123 cm³/mol. The van der Waals surface area contributed by atoms with Gasteiger partial charge in [0.05, 0.1) is 10.6 Å². The molecule has 3 aromatic rings. The largest absolute Gasteiger partial charge is 0.442 e. The van der Waals surface area contributed by atoms with E-state index in [2.05, 4.69) is 0 Å². The van der Waals surface area contributed by atoms with Crippen LogP contribution in [0.25, 0.3) is 0 Å². The normalized spacial score (nSPS) is 11.0. The molecule has 0 spiro atoms. The fourth-order valence-corrected chi connectivity index (χ4v) is 4.92. The van der Waals surface area contributed by atoms with Crippen LogP contribution in [-0.2, 0) is 17.9 Å². The highest BCUT2D eigenvalue weighted by Gasteiger charge is 2.22. The van der Waals surface area contributed by atoms with E-state index in [0.29, 0.717) is 22.4 Å². The van der Waals surface area contributed by atoms with Crippen molar-refractivity contribution in [1.29, 1.82) is 0 Å². The summed E-state index contributed by atoms with van der Waals surface area (Å²) in [6.45, 7) is 4.25. The smallest absolute Gasteiger partial charge is 0.404 e. The summed E-state index contributed by atoms with van der Waals surface area (Å²) in [5.41, 5.74) is 6.77. The van der Waals surface area contributed by atoms with E-state index >= 15 is 0 Å². The van der Waals surface area contributed by atoms with E-state index in [-0.39, 0.29) is 18.2 Å². The average Bonchev–Trinajstić information content (AvgIpc) is 3.03. The highest BCUT2D eigenvalue weighted by Crippen LogP contribution is 2.37. The van der Waals surface area contributed by atoms with Crippen molar-refractivity contribution in [2.24, 2.45) is 5.73 Å². The number of aromatic nitrogens is 2. The van der Waals surface area contributed by atoms with E-state index in [1.807, 2.05) is 18.4 Å². The number of carbonyl (C=O) groups is 1. The summed E-state index contributed by atoms with van der Waals surface area (Å²) in [5.74, 6) is 0.569. The lowest BCUT2D eigenvalue weighted by atomic mass is 10.1. The van der Waals surface area contributed by atoms with E-state index in [4.69, 9.17) is 38.7 Å². The molecule has 0 atom stereocenters. The van der Waals surface area contributed by atoms with Gasteiger partial charge in [-0.2, -0.15) is 0 Å². The van der Waals surface area contributed by atoms with Crippen molar-refractivity contribution in [1.82, 2.24) is 9.55 Å². The zero-order valence-electron chi connectivity index (χ0n) is 17.2. The number of nitrogens with zero attached hydrogens (tertiary/aromatic N) is 3. The second kappa shape index (κ2) is 10.2. The lowest BCUT2D eigenvalue weighted by Crippen LogP contribution is -2.15. The summed E-state index contributed by atoms with van der Waals surface area (Å²) in [6, 6.07) is 11.5.